The molecular formula is C14H24N2O4Si. The molecule has 2 N–H and O–H groups in total. The number of nitrogens with two attached hydrogens (primary N) is 1. The van der Waals surface area contributed by atoms with Crippen molar-refractivity contribution in [1.82, 2.24) is 0 Å². The number of carbonyl (C=O) groups is 1. The van der Waals surface area contributed by atoms with Gasteiger partial charge in [0, 0.05) is 14.1 Å². The number of hydrazine groups is 1. The summed E-state index contributed by atoms with van der Waals surface area (Å²) < 4.78 is 15.5. The molecule has 0 aromatic heterocycles. The maximum absolute atomic E-state index is 12.0. The lowest BCUT2D eigenvalue weighted by Gasteiger charge is -2.21. The zero-order valence-electron chi connectivity index (χ0n) is 13.3. The molecule has 0 aliphatic rings. The van der Waals surface area contributed by atoms with E-state index in [0.717, 1.165) is 11.1 Å². The van der Waals surface area contributed by atoms with Crippen molar-refractivity contribution < 1.29 is 19.0 Å². The molecule has 7 heteroatoms. The number of rotatable bonds is 6. The number of nitrogens with zero attached hydrogens (tertiary/aromatic N) is 1. The maximum atomic E-state index is 12.0. The van der Waals surface area contributed by atoms with Crippen molar-refractivity contribution >= 4 is 19.9 Å². The minimum absolute atomic E-state index is 0.376. The van der Waals surface area contributed by atoms with Crippen molar-refractivity contribution in [1.29, 1.82) is 0 Å². The van der Waals surface area contributed by atoms with Crippen LogP contribution in [0.5, 0.6) is 11.5 Å². The van der Waals surface area contributed by atoms with Crippen LogP contribution in [-0.4, -0.2) is 35.0 Å². The lowest BCUT2D eigenvalue weighted by atomic mass is 10.2. The molecule has 0 fully saturated rings. The van der Waals surface area contributed by atoms with E-state index in [1.165, 1.54) is 7.11 Å². The SMILES string of the molecule is COc1ccc(N(N)C(=O)OCC[Si](C)(C)C)c(OC)c1. The van der Waals surface area contributed by atoms with Gasteiger partial charge in [-0.15, -0.1) is 0 Å². The molecule has 0 saturated carbocycles. The number of hydrogen-bond donors (Lipinski definition) is 1. The van der Waals surface area contributed by atoms with E-state index in [2.05, 4.69) is 19.6 Å². The molecule has 6 nitrogen and oxygen atoms in total. The Labute approximate surface area is 126 Å². The number of hydrogen-bond acceptors (Lipinski definition) is 5. The normalized spacial score (nSPS) is 11.0. The summed E-state index contributed by atoms with van der Waals surface area (Å²) in [5, 5.41) is 0.947. The molecule has 21 heavy (non-hydrogen) atoms. The van der Waals surface area contributed by atoms with Crippen LogP contribution in [0.4, 0.5) is 10.5 Å². The molecule has 0 unspecified atom stereocenters. The number of ether oxygens (including phenoxy) is 3. The van der Waals surface area contributed by atoms with Crippen molar-refractivity contribution in [3.8, 4) is 11.5 Å². The fourth-order valence-electron chi connectivity index (χ4n) is 1.60. The van der Waals surface area contributed by atoms with E-state index in [0.29, 0.717) is 23.8 Å². The van der Waals surface area contributed by atoms with Crippen LogP contribution in [0.15, 0.2) is 18.2 Å². The highest BCUT2D eigenvalue weighted by molar-refractivity contribution is 6.76. The minimum atomic E-state index is -1.25. The molecule has 0 heterocycles. The van der Waals surface area contributed by atoms with Gasteiger partial charge >= 0.3 is 6.09 Å². The van der Waals surface area contributed by atoms with Gasteiger partial charge in [-0.2, -0.15) is 0 Å². The third-order valence-corrected chi connectivity index (χ3v) is 4.62. The molecule has 0 aliphatic heterocycles. The summed E-state index contributed by atoms with van der Waals surface area (Å²) in [5.41, 5.74) is 0.427. The standard InChI is InChI=1S/C14H24N2O4Si/c1-18-11-6-7-12(13(10-11)19-2)16(15)14(17)20-8-9-21(3,4)5/h6-7,10H,8-9,15H2,1-5H3. The predicted octanol–water partition coefficient (Wildman–Crippen LogP) is 2.86. The van der Waals surface area contributed by atoms with Crippen LogP contribution >= 0.6 is 0 Å². The van der Waals surface area contributed by atoms with Crippen molar-refractivity contribution in [3.63, 3.8) is 0 Å². The number of benzene rings is 1. The number of carbonyl (C=O) groups excluding carboxylic acids is 1. The Morgan fingerprint density at radius 1 is 1.24 bits per heavy atom. The number of anilines is 1. The van der Waals surface area contributed by atoms with E-state index in [-0.39, 0.29) is 0 Å². The van der Waals surface area contributed by atoms with E-state index in [4.69, 9.17) is 20.1 Å². The average Bonchev–Trinajstić information content (AvgIpc) is 2.44. The summed E-state index contributed by atoms with van der Waals surface area (Å²) in [6, 6.07) is 5.90. The Balaban J connectivity index is 2.74. The van der Waals surface area contributed by atoms with Crippen LogP contribution in [0.3, 0.4) is 0 Å². The van der Waals surface area contributed by atoms with Gasteiger partial charge < -0.3 is 14.2 Å². The van der Waals surface area contributed by atoms with E-state index >= 15 is 0 Å². The van der Waals surface area contributed by atoms with Crippen LogP contribution in [0.25, 0.3) is 0 Å². The Morgan fingerprint density at radius 3 is 2.43 bits per heavy atom. The summed E-state index contributed by atoms with van der Waals surface area (Å²) in [5.74, 6) is 6.87. The van der Waals surface area contributed by atoms with E-state index in [1.807, 2.05) is 0 Å². The molecule has 0 atom stereocenters. The molecule has 1 aromatic rings. The Hall–Kier alpha value is -1.73. The first kappa shape index (κ1) is 17.3. The topological polar surface area (TPSA) is 74.0 Å². The first-order valence-corrected chi connectivity index (χ1v) is 10.4. The van der Waals surface area contributed by atoms with Crippen molar-refractivity contribution in [2.24, 2.45) is 5.84 Å². The third-order valence-electron chi connectivity index (χ3n) is 2.92. The van der Waals surface area contributed by atoms with Gasteiger partial charge in [-0.1, -0.05) is 19.6 Å². The monoisotopic (exact) mass is 312 g/mol. The van der Waals surface area contributed by atoms with Crippen LogP contribution in [0.1, 0.15) is 0 Å². The smallest absolute Gasteiger partial charge is 0.428 e. The Morgan fingerprint density at radius 2 is 1.90 bits per heavy atom. The first-order chi connectivity index (χ1) is 9.78. The van der Waals surface area contributed by atoms with Gasteiger partial charge in [0.15, 0.2) is 0 Å². The van der Waals surface area contributed by atoms with Gasteiger partial charge in [0.2, 0.25) is 0 Å². The third kappa shape index (κ3) is 5.28. The first-order valence-electron chi connectivity index (χ1n) is 6.72. The van der Waals surface area contributed by atoms with Gasteiger partial charge in [0.05, 0.1) is 20.8 Å². The van der Waals surface area contributed by atoms with Gasteiger partial charge in [-0.05, 0) is 18.2 Å². The molecule has 1 rings (SSSR count). The molecule has 0 aliphatic carbocycles. The zero-order valence-corrected chi connectivity index (χ0v) is 14.3. The van der Waals surface area contributed by atoms with Crippen molar-refractivity contribution in [2.75, 3.05) is 25.8 Å². The summed E-state index contributed by atoms with van der Waals surface area (Å²) >= 11 is 0. The second kappa shape index (κ2) is 7.33. The highest BCUT2D eigenvalue weighted by Gasteiger charge is 2.20. The molecule has 1 aromatic carbocycles. The largest absolute Gasteiger partial charge is 0.497 e. The van der Waals surface area contributed by atoms with Crippen LogP contribution < -0.4 is 20.3 Å². The van der Waals surface area contributed by atoms with Gasteiger partial charge in [-0.25, -0.2) is 15.6 Å². The summed E-state index contributed by atoms with van der Waals surface area (Å²) in [6.07, 6.45) is -0.600. The summed E-state index contributed by atoms with van der Waals surface area (Å²) in [7, 11) is 1.81. The lowest BCUT2D eigenvalue weighted by Crippen LogP contribution is -2.39. The van der Waals surface area contributed by atoms with Gasteiger partial charge in [0.25, 0.3) is 0 Å². The fraction of sp³-hybridized carbons (Fsp3) is 0.500. The number of amides is 1. The quantitative estimate of drug-likeness (QED) is 0.378. The zero-order chi connectivity index (χ0) is 16.0. The summed E-state index contributed by atoms with van der Waals surface area (Å²) in [4.78, 5) is 12.0. The van der Waals surface area contributed by atoms with Crippen LogP contribution in [0.2, 0.25) is 25.7 Å². The van der Waals surface area contributed by atoms with Gasteiger partial charge in [0.1, 0.15) is 17.2 Å². The second-order valence-corrected chi connectivity index (χ2v) is 11.5. The maximum Gasteiger partial charge on any atom is 0.428 e. The molecule has 1 amide bonds. The highest BCUT2D eigenvalue weighted by atomic mass is 28.3. The second-order valence-electron chi connectivity index (χ2n) is 5.83. The molecule has 0 spiro atoms. The van der Waals surface area contributed by atoms with E-state index in [9.17, 15) is 4.79 Å². The van der Waals surface area contributed by atoms with Gasteiger partial charge in [-0.3, -0.25) is 0 Å². The highest BCUT2D eigenvalue weighted by Crippen LogP contribution is 2.31. The Bertz CT molecular complexity index is 488. The van der Waals surface area contributed by atoms with Crippen LogP contribution in [0, 0.1) is 0 Å². The molecule has 118 valence electrons. The van der Waals surface area contributed by atoms with Crippen molar-refractivity contribution in [3.05, 3.63) is 18.2 Å². The Kier molecular flexibility index (Phi) is 6.04. The molecule has 0 radical (unpaired) electrons. The minimum Gasteiger partial charge on any atom is -0.497 e. The average molecular weight is 312 g/mol. The number of methoxy groups -OCH3 is 2. The lowest BCUT2D eigenvalue weighted by molar-refractivity contribution is 0.159. The molecule has 0 saturated heterocycles. The predicted molar refractivity (Wildman–Crippen MR) is 85.7 cm³/mol. The van der Waals surface area contributed by atoms with Crippen molar-refractivity contribution in [2.45, 2.75) is 25.7 Å². The van der Waals surface area contributed by atoms with E-state index < -0.39 is 14.2 Å². The van der Waals surface area contributed by atoms with Crippen LogP contribution in [-0.2, 0) is 4.74 Å². The van der Waals surface area contributed by atoms with E-state index in [1.54, 1.807) is 25.3 Å². The molecular weight excluding hydrogens is 288 g/mol. The fourth-order valence-corrected chi connectivity index (χ4v) is 2.31. The molecule has 0 bridgehead atoms. The summed E-state index contributed by atoms with van der Waals surface area (Å²) in [6.45, 7) is 7.02.